The largest absolute Gasteiger partial charge is 0.435 e. The quantitative estimate of drug-likeness (QED) is 0.576. The highest BCUT2D eigenvalue weighted by molar-refractivity contribution is 5.96. The Balaban J connectivity index is 2.16. The SMILES string of the molecule is CCN(C(C)=O)c1ccc(-c2c(C#N)c3ccc(OC(F)F)cc3n2CC)cc1. The van der Waals surface area contributed by atoms with Crippen molar-refractivity contribution < 1.29 is 18.3 Å². The van der Waals surface area contributed by atoms with Crippen LogP contribution in [0.5, 0.6) is 5.75 Å². The molecule has 29 heavy (non-hydrogen) atoms. The van der Waals surface area contributed by atoms with Crippen LogP contribution in [-0.2, 0) is 11.3 Å². The number of nitriles is 1. The topological polar surface area (TPSA) is 58.3 Å². The van der Waals surface area contributed by atoms with E-state index in [2.05, 4.69) is 10.8 Å². The second-order valence-electron chi connectivity index (χ2n) is 6.45. The number of hydrogen-bond donors (Lipinski definition) is 0. The summed E-state index contributed by atoms with van der Waals surface area (Å²) in [6, 6.07) is 14.2. The van der Waals surface area contributed by atoms with Crippen molar-refractivity contribution in [2.45, 2.75) is 33.9 Å². The van der Waals surface area contributed by atoms with Gasteiger partial charge in [-0.15, -0.1) is 0 Å². The number of carbonyl (C=O) groups is 1. The molecule has 0 saturated carbocycles. The molecule has 7 heteroatoms. The molecule has 0 aliphatic heterocycles. The molecule has 0 spiro atoms. The molecule has 0 fully saturated rings. The fraction of sp³-hybridized carbons (Fsp3) is 0.273. The Morgan fingerprint density at radius 2 is 1.90 bits per heavy atom. The van der Waals surface area contributed by atoms with E-state index in [1.54, 1.807) is 11.0 Å². The molecular formula is C22H21F2N3O2. The van der Waals surface area contributed by atoms with Crippen LogP contribution in [0.15, 0.2) is 42.5 Å². The number of halogens is 2. The number of benzene rings is 2. The molecule has 1 aromatic heterocycles. The lowest BCUT2D eigenvalue weighted by molar-refractivity contribution is -0.116. The molecule has 3 rings (SSSR count). The first kappa shape index (κ1) is 20.3. The molecule has 5 nitrogen and oxygen atoms in total. The van der Waals surface area contributed by atoms with Crippen molar-refractivity contribution in [3.05, 3.63) is 48.0 Å². The van der Waals surface area contributed by atoms with Gasteiger partial charge < -0.3 is 14.2 Å². The van der Waals surface area contributed by atoms with Gasteiger partial charge in [0.1, 0.15) is 11.8 Å². The van der Waals surface area contributed by atoms with E-state index in [0.717, 1.165) is 11.3 Å². The van der Waals surface area contributed by atoms with Crippen molar-refractivity contribution in [1.29, 1.82) is 5.26 Å². The van der Waals surface area contributed by atoms with Crippen LogP contribution in [0, 0.1) is 11.3 Å². The fourth-order valence-electron chi connectivity index (χ4n) is 3.63. The Morgan fingerprint density at radius 3 is 2.41 bits per heavy atom. The number of hydrogen-bond acceptors (Lipinski definition) is 3. The number of aryl methyl sites for hydroxylation is 1. The molecule has 150 valence electrons. The van der Waals surface area contributed by atoms with Gasteiger partial charge >= 0.3 is 6.61 Å². The molecule has 2 aromatic carbocycles. The maximum atomic E-state index is 12.6. The average molecular weight is 397 g/mol. The number of rotatable bonds is 6. The third kappa shape index (κ3) is 3.79. The summed E-state index contributed by atoms with van der Waals surface area (Å²) in [5.74, 6) is -0.00155. The van der Waals surface area contributed by atoms with Crippen molar-refractivity contribution in [3.8, 4) is 23.1 Å². The van der Waals surface area contributed by atoms with Gasteiger partial charge in [-0.2, -0.15) is 14.0 Å². The van der Waals surface area contributed by atoms with Crippen LogP contribution >= 0.6 is 0 Å². The van der Waals surface area contributed by atoms with E-state index in [1.807, 2.05) is 42.7 Å². The van der Waals surface area contributed by atoms with Crippen LogP contribution in [0.2, 0.25) is 0 Å². The van der Waals surface area contributed by atoms with Crippen molar-refractivity contribution in [3.63, 3.8) is 0 Å². The number of alkyl halides is 2. The first-order valence-corrected chi connectivity index (χ1v) is 9.30. The molecule has 0 saturated heterocycles. The number of fused-ring (bicyclic) bond motifs is 1. The van der Waals surface area contributed by atoms with Gasteiger partial charge in [-0.25, -0.2) is 0 Å². The van der Waals surface area contributed by atoms with Gasteiger partial charge in [-0.05, 0) is 43.7 Å². The highest BCUT2D eigenvalue weighted by Gasteiger charge is 2.19. The number of amides is 1. The molecule has 0 aliphatic carbocycles. The molecule has 0 unspecified atom stereocenters. The summed E-state index contributed by atoms with van der Waals surface area (Å²) in [6.07, 6.45) is 0. The Bertz CT molecular complexity index is 1080. The lowest BCUT2D eigenvalue weighted by Gasteiger charge is -2.19. The van der Waals surface area contributed by atoms with E-state index in [1.165, 1.54) is 19.1 Å². The summed E-state index contributed by atoms with van der Waals surface area (Å²) in [6.45, 7) is 3.52. The molecule has 0 bridgehead atoms. The van der Waals surface area contributed by atoms with Gasteiger partial charge in [0, 0.05) is 37.2 Å². The Labute approximate surface area is 167 Å². The lowest BCUT2D eigenvalue weighted by Crippen LogP contribution is -2.27. The zero-order valence-corrected chi connectivity index (χ0v) is 16.4. The van der Waals surface area contributed by atoms with E-state index in [0.29, 0.717) is 35.2 Å². The summed E-state index contributed by atoms with van der Waals surface area (Å²) < 4.78 is 31.6. The highest BCUT2D eigenvalue weighted by atomic mass is 19.3. The van der Waals surface area contributed by atoms with Gasteiger partial charge in [0.05, 0.1) is 16.8 Å². The molecule has 0 atom stereocenters. The molecule has 0 radical (unpaired) electrons. The van der Waals surface area contributed by atoms with Gasteiger partial charge in [-0.3, -0.25) is 4.79 Å². The van der Waals surface area contributed by atoms with E-state index >= 15 is 0 Å². The van der Waals surface area contributed by atoms with Crippen LogP contribution in [0.4, 0.5) is 14.5 Å². The van der Waals surface area contributed by atoms with E-state index < -0.39 is 6.61 Å². The predicted octanol–water partition coefficient (Wildman–Crippen LogP) is 5.17. The lowest BCUT2D eigenvalue weighted by atomic mass is 10.1. The first-order valence-electron chi connectivity index (χ1n) is 9.30. The molecule has 1 amide bonds. The first-order chi connectivity index (χ1) is 13.9. The van der Waals surface area contributed by atoms with Gasteiger partial charge in [-0.1, -0.05) is 12.1 Å². The third-order valence-electron chi connectivity index (χ3n) is 4.84. The highest BCUT2D eigenvalue weighted by Crippen LogP contribution is 2.36. The van der Waals surface area contributed by atoms with Gasteiger partial charge in [0.2, 0.25) is 5.91 Å². The molecule has 0 N–H and O–H groups in total. The zero-order valence-electron chi connectivity index (χ0n) is 16.4. The van der Waals surface area contributed by atoms with Crippen molar-refractivity contribution >= 4 is 22.5 Å². The predicted molar refractivity (Wildman–Crippen MR) is 108 cm³/mol. The number of ether oxygens (including phenoxy) is 1. The Hall–Kier alpha value is -3.40. The molecule has 3 aromatic rings. The van der Waals surface area contributed by atoms with E-state index in [-0.39, 0.29) is 11.7 Å². The van der Waals surface area contributed by atoms with Crippen LogP contribution in [0.25, 0.3) is 22.2 Å². The van der Waals surface area contributed by atoms with Gasteiger partial charge in [0.25, 0.3) is 0 Å². The third-order valence-corrected chi connectivity index (χ3v) is 4.84. The van der Waals surface area contributed by atoms with Crippen LogP contribution in [-0.4, -0.2) is 23.6 Å². The molecule has 1 heterocycles. The molecule has 0 aliphatic rings. The smallest absolute Gasteiger partial charge is 0.387 e. The summed E-state index contributed by atoms with van der Waals surface area (Å²) in [5.41, 5.74) is 3.40. The Kier molecular flexibility index (Phi) is 5.83. The number of nitrogens with zero attached hydrogens (tertiary/aromatic N) is 3. The second kappa shape index (κ2) is 8.31. The van der Waals surface area contributed by atoms with Crippen molar-refractivity contribution in [1.82, 2.24) is 4.57 Å². The fourth-order valence-corrected chi connectivity index (χ4v) is 3.63. The van der Waals surface area contributed by atoms with E-state index in [9.17, 15) is 18.8 Å². The van der Waals surface area contributed by atoms with Crippen LogP contribution in [0.3, 0.4) is 0 Å². The van der Waals surface area contributed by atoms with Crippen molar-refractivity contribution in [2.75, 3.05) is 11.4 Å². The van der Waals surface area contributed by atoms with Gasteiger partial charge in [0.15, 0.2) is 0 Å². The monoisotopic (exact) mass is 397 g/mol. The maximum absolute atomic E-state index is 12.6. The minimum Gasteiger partial charge on any atom is -0.435 e. The van der Waals surface area contributed by atoms with Crippen molar-refractivity contribution in [2.24, 2.45) is 0 Å². The summed E-state index contributed by atoms with van der Waals surface area (Å²) in [4.78, 5) is 13.4. The van der Waals surface area contributed by atoms with Crippen LogP contribution < -0.4 is 9.64 Å². The minimum absolute atomic E-state index is 0.0473. The normalized spacial score (nSPS) is 10.9. The van der Waals surface area contributed by atoms with E-state index in [4.69, 9.17) is 0 Å². The summed E-state index contributed by atoms with van der Waals surface area (Å²) in [5, 5.41) is 10.5. The average Bonchev–Trinajstić information content (AvgIpc) is 3.01. The molecular weight excluding hydrogens is 376 g/mol. The van der Waals surface area contributed by atoms with Crippen LogP contribution in [0.1, 0.15) is 26.3 Å². The Morgan fingerprint density at radius 1 is 1.21 bits per heavy atom. The number of carbonyl (C=O) groups excluding carboxylic acids is 1. The second-order valence-corrected chi connectivity index (χ2v) is 6.45. The summed E-state index contributed by atoms with van der Waals surface area (Å²) in [7, 11) is 0. The summed E-state index contributed by atoms with van der Waals surface area (Å²) >= 11 is 0. The number of anilines is 1. The maximum Gasteiger partial charge on any atom is 0.387 e. The minimum atomic E-state index is -2.91. The standard InChI is InChI=1S/C22H21F2N3O2/c1-4-26(14(3)28)16-8-6-15(7-9-16)21-19(13-25)18-11-10-17(29-22(23)24)12-20(18)27(21)5-2/h6-12,22H,4-5H2,1-3H3. The number of aromatic nitrogens is 1. The zero-order chi connectivity index (χ0) is 21.1.